The number of ether oxygens (including phenoxy) is 1. The van der Waals surface area contributed by atoms with Crippen molar-refractivity contribution in [3.8, 4) is 17.6 Å². The second kappa shape index (κ2) is 7.37. The molecular formula is C24H21NO. The van der Waals surface area contributed by atoms with E-state index in [9.17, 15) is 0 Å². The van der Waals surface area contributed by atoms with Gasteiger partial charge in [0.1, 0.15) is 11.8 Å². The van der Waals surface area contributed by atoms with Gasteiger partial charge in [0, 0.05) is 12.1 Å². The average molecular weight is 339 g/mol. The predicted octanol–water partition coefficient (Wildman–Crippen LogP) is 4.85. The van der Waals surface area contributed by atoms with E-state index in [2.05, 4.69) is 65.3 Å². The van der Waals surface area contributed by atoms with Crippen molar-refractivity contribution in [2.24, 2.45) is 0 Å². The third-order valence-electron chi connectivity index (χ3n) is 4.81. The average Bonchev–Trinajstić information content (AvgIpc) is 2.72. The van der Waals surface area contributed by atoms with Crippen LogP contribution in [0.1, 0.15) is 22.7 Å². The minimum atomic E-state index is 0.0106. The Morgan fingerprint density at radius 3 is 2.46 bits per heavy atom. The number of hydrogen-bond donors (Lipinski definition) is 0. The van der Waals surface area contributed by atoms with Crippen LogP contribution in [0.2, 0.25) is 0 Å². The lowest BCUT2D eigenvalue weighted by Gasteiger charge is -2.36. The number of nitrogens with zero attached hydrogens (tertiary/aromatic N) is 1. The Morgan fingerprint density at radius 2 is 1.62 bits per heavy atom. The fraction of sp³-hybridized carbons (Fsp3) is 0.167. The maximum Gasteiger partial charge on any atom is 0.142 e. The van der Waals surface area contributed by atoms with E-state index >= 15 is 0 Å². The number of para-hydroxylation sites is 2. The highest BCUT2D eigenvalue weighted by Crippen LogP contribution is 2.38. The zero-order chi connectivity index (χ0) is 17.8. The summed E-state index contributed by atoms with van der Waals surface area (Å²) >= 11 is 0. The summed E-state index contributed by atoms with van der Waals surface area (Å²) in [5.74, 6) is 7.76. The van der Waals surface area contributed by atoms with Gasteiger partial charge in [-0.25, -0.2) is 0 Å². The molecule has 1 atom stereocenters. The van der Waals surface area contributed by atoms with Gasteiger partial charge in [0.05, 0.1) is 12.8 Å². The molecule has 1 aliphatic heterocycles. The molecule has 2 nitrogen and oxygen atoms in total. The van der Waals surface area contributed by atoms with Crippen LogP contribution in [0.4, 0.5) is 5.69 Å². The molecule has 3 aromatic carbocycles. The summed E-state index contributed by atoms with van der Waals surface area (Å²) in [4.78, 5) is 2.36. The van der Waals surface area contributed by atoms with Crippen molar-refractivity contribution in [1.29, 1.82) is 0 Å². The Balaban J connectivity index is 1.80. The molecule has 0 spiro atoms. The number of anilines is 1. The number of hydrogen-bond acceptors (Lipinski definition) is 2. The molecule has 3 aromatic rings. The lowest BCUT2D eigenvalue weighted by atomic mass is 9.92. The number of rotatable bonds is 2. The first kappa shape index (κ1) is 16.3. The predicted molar refractivity (Wildman–Crippen MR) is 107 cm³/mol. The van der Waals surface area contributed by atoms with Gasteiger partial charge in [0.25, 0.3) is 0 Å². The minimum absolute atomic E-state index is 0.0106. The van der Waals surface area contributed by atoms with Crippen LogP contribution in [0.15, 0.2) is 78.9 Å². The highest BCUT2D eigenvalue weighted by molar-refractivity contribution is 5.63. The van der Waals surface area contributed by atoms with Gasteiger partial charge in [-0.1, -0.05) is 66.4 Å². The van der Waals surface area contributed by atoms with Gasteiger partial charge in [-0.15, -0.1) is 0 Å². The van der Waals surface area contributed by atoms with Gasteiger partial charge in [-0.3, -0.25) is 0 Å². The van der Waals surface area contributed by atoms with Crippen LogP contribution < -0.4 is 9.64 Å². The fourth-order valence-corrected chi connectivity index (χ4v) is 3.52. The fourth-order valence-electron chi connectivity index (χ4n) is 3.52. The third kappa shape index (κ3) is 3.17. The van der Waals surface area contributed by atoms with Gasteiger partial charge in [-0.05, 0) is 41.8 Å². The molecular weight excluding hydrogens is 318 g/mol. The number of benzene rings is 3. The van der Waals surface area contributed by atoms with Gasteiger partial charge in [0.15, 0.2) is 0 Å². The van der Waals surface area contributed by atoms with Gasteiger partial charge < -0.3 is 9.64 Å². The van der Waals surface area contributed by atoms with Gasteiger partial charge in [-0.2, -0.15) is 0 Å². The van der Waals surface area contributed by atoms with E-state index in [1.807, 2.05) is 30.3 Å². The summed E-state index contributed by atoms with van der Waals surface area (Å²) in [6, 6.07) is 27.0. The van der Waals surface area contributed by atoms with Crippen LogP contribution in [0.25, 0.3) is 0 Å². The van der Waals surface area contributed by atoms with E-state index in [1.165, 1.54) is 11.1 Å². The molecule has 2 heteroatoms. The molecule has 1 heterocycles. The maximum absolute atomic E-state index is 5.61. The van der Waals surface area contributed by atoms with Crippen LogP contribution in [0.5, 0.6) is 5.75 Å². The Kier molecular flexibility index (Phi) is 4.62. The number of fused-ring (bicyclic) bond motifs is 1. The van der Waals surface area contributed by atoms with Crippen molar-refractivity contribution in [2.75, 3.05) is 18.6 Å². The van der Waals surface area contributed by atoms with Crippen LogP contribution in [-0.4, -0.2) is 13.7 Å². The molecule has 128 valence electrons. The van der Waals surface area contributed by atoms with Crippen LogP contribution >= 0.6 is 0 Å². The largest absolute Gasteiger partial charge is 0.495 e. The van der Waals surface area contributed by atoms with Crippen molar-refractivity contribution in [1.82, 2.24) is 0 Å². The summed E-state index contributed by atoms with van der Waals surface area (Å²) in [5.41, 5.74) is 4.80. The second-order valence-electron chi connectivity index (χ2n) is 6.35. The molecule has 0 saturated carbocycles. The SMILES string of the molecule is COc1ccccc1N1CCc2ccccc2C1C#Cc1ccccc1. The smallest absolute Gasteiger partial charge is 0.142 e. The highest BCUT2D eigenvalue weighted by atomic mass is 16.5. The minimum Gasteiger partial charge on any atom is -0.495 e. The quantitative estimate of drug-likeness (QED) is 0.619. The van der Waals surface area contributed by atoms with E-state index in [0.717, 1.165) is 30.0 Å². The monoisotopic (exact) mass is 339 g/mol. The molecule has 26 heavy (non-hydrogen) atoms. The van der Waals surface area contributed by atoms with Crippen molar-refractivity contribution in [3.05, 3.63) is 95.6 Å². The molecule has 0 bridgehead atoms. The number of methoxy groups -OCH3 is 1. The molecule has 0 fully saturated rings. The first-order chi connectivity index (χ1) is 12.9. The Morgan fingerprint density at radius 1 is 0.885 bits per heavy atom. The second-order valence-corrected chi connectivity index (χ2v) is 6.35. The van der Waals surface area contributed by atoms with Gasteiger partial charge >= 0.3 is 0 Å². The molecule has 4 rings (SSSR count). The lowest BCUT2D eigenvalue weighted by Crippen LogP contribution is -2.35. The van der Waals surface area contributed by atoms with Crippen LogP contribution in [-0.2, 0) is 6.42 Å². The summed E-state index contributed by atoms with van der Waals surface area (Å²) in [7, 11) is 1.72. The van der Waals surface area contributed by atoms with Crippen molar-refractivity contribution in [3.63, 3.8) is 0 Å². The summed E-state index contributed by atoms with van der Waals surface area (Å²) in [6.45, 7) is 0.922. The molecule has 0 aromatic heterocycles. The van der Waals surface area contributed by atoms with E-state index in [0.29, 0.717) is 0 Å². The first-order valence-corrected chi connectivity index (χ1v) is 8.91. The zero-order valence-corrected chi connectivity index (χ0v) is 14.9. The van der Waals surface area contributed by atoms with Crippen LogP contribution in [0.3, 0.4) is 0 Å². The van der Waals surface area contributed by atoms with Crippen molar-refractivity contribution < 1.29 is 4.74 Å². The first-order valence-electron chi connectivity index (χ1n) is 8.91. The highest BCUT2D eigenvalue weighted by Gasteiger charge is 2.27. The lowest BCUT2D eigenvalue weighted by molar-refractivity contribution is 0.413. The normalized spacial score (nSPS) is 15.6. The summed E-state index contributed by atoms with van der Waals surface area (Å²) in [5, 5.41) is 0. The molecule has 0 radical (unpaired) electrons. The van der Waals surface area contributed by atoms with Crippen LogP contribution in [0, 0.1) is 11.8 Å². The van der Waals surface area contributed by atoms with E-state index in [4.69, 9.17) is 4.74 Å². The molecule has 0 aliphatic carbocycles. The summed E-state index contributed by atoms with van der Waals surface area (Å²) < 4.78 is 5.61. The Labute approximate surface area is 155 Å². The van der Waals surface area contributed by atoms with E-state index in [-0.39, 0.29) is 6.04 Å². The van der Waals surface area contributed by atoms with Gasteiger partial charge in [0.2, 0.25) is 0 Å². The topological polar surface area (TPSA) is 12.5 Å². The molecule has 0 saturated heterocycles. The van der Waals surface area contributed by atoms with Crippen molar-refractivity contribution in [2.45, 2.75) is 12.5 Å². The third-order valence-corrected chi connectivity index (χ3v) is 4.81. The molecule has 0 N–H and O–H groups in total. The molecule has 0 amide bonds. The molecule has 1 unspecified atom stereocenters. The van der Waals surface area contributed by atoms with E-state index < -0.39 is 0 Å². The maximum atomic E-state index is 5.61. The molecule has 1 aliphatic rings. The Bertz CT molecular complexity index is 952. The standard InChI is InChI=1S/C24H21NO/c1-26-24-14-8-7-13-23(24)25-18-17-20-11-5-6-12-21(20)22(25)16-15-19-9-3-2-4-10-19/h2-14,22H,17-18H2,1H3. The summed E-state index contributed by atoms with van der Waals surface area (Å²) in [6.07, 6.45) is 1.01. The van der Waals surface area contributed by atoms with E-state index in [1.54, 1.807) is 7.11 Å². The van der Waals surface area contributed by atoms with Crippen molar-refractivity contribution >= 4 is 5.69 Å². The zero-order valence-electron chi connectivity index (χ0n) is 14.9. The Hall–Kier alpha value is -3.18.